The predicted octanol–water partition coefficient (Wildman–Crippen LogP) is 1.78. The van der Waals surface area contributed by atoms with Gasteiger partial charge < -0.3 is 5.32 Å². The second kappa shape index (κ2) is 5.66. The quantitative estimate of drug-likeness (QED) is 0.812. The van der Waals surface area contributed by atoms with Gasteiger partial charge in [-0.05, 0) is 26.3 Å². The van der Waals surface area contributed by atoms with Crippen molar-refractivity contribution in [2.75, 3.05) is 7.05 Å². The molecule has 88 valence electrons. The first kappa shape index (κ1) is 12.7. The largest absolute Gasteiger partial charge is 0.358 e. The highest BCUT2D eigenvalue weighted by Gasteiger charge is 2.14. The standard InChI is InChI=1S/C13H20N2O/c1-9-6-5-7-12(8-9)10(2)15-11(3)13(16)14-4/h5-8,10-11,15H,1-4H3,(H,14,16)/t10-,11?/m0/s1. The van der Waals surface area contributed by atoms with E-state index in [9.17, 15) is 4.79 Å². The number of hydrogen-bond acceptors (Lipinski definition) is 2. The van der Waals surface area contributed by atoms with Gasteiger partial charge in [0.25, 0.3) is 0 Å². The highest BCUT2D eigenvalue weighted by atomic mass is 16.2. The summed E-state index contributed by atoms with van der Waals surface area (Å²) in [5.74, 6) is 0.0134. The number of carbonyl (C=O) groups excluding carboxylic acids is 1. The van der Waals surface area contributed by atoms with Crippen molar-refractivity contribution in [2.24, 2.45) is 0 Å². The molecule has 0 aliphatic heterocycles. The van der Waals surface area contributed by atoms with Gasteiger partial charge in [-0.25, -0.2) is 0 Å². The number of amides is 1. The third-order valence-electron chi connectivity index (χ3n) is 2.68. The van der Waals surface area contributed by atoms with Crippen molar-refractivity contribution in [3.05, 3.63) is 35.4 Å². The molecular formula is C13H20N2O. The molecule has 1 aromatic carbocycles. The molecule has 0 bridgehead atoms. The first-order chi connectivity index (χ1) is 7.54. The van der Waals surface area contributed by atoms with Crippen LogP contribution in [0.4, 0.5) is 0 Å². The fourth-order valence-corrected chi connectivity index (χ4v) is 1.70. The highest BCUT2D eigenvalue weighted by molar-refractivity contribution is 5.80. The van der Waals surface area contributed by atoms with E-state index in [4.69, 9.17) is 0 Å². The molecule has 0 saturated carbocycles. The number of aryl methyl sites for hydroxylation is 1. The molecule has 1 aromatic rings. The van der Waals surface area contributed by atoms with Crippen LogP contribution in [-0.2, 0) is 4.79 Å². The lowest BCUT2D eigenvalue weighted by Crippen LogP contribution is -2.41. The maximum atomic E-state index is 11.4. The molecule has 1 unspecified atom stereocenters. The van der Waals surface area contributed by atoms with E-state index < -0.39 is 0 Å². The molecule has 16 heavy (non-hydrogen) atoms. The fourth-order valence-electron chi connectivity index (χ4n) is 1.70. The summed E-state index contributed by atoms with van der Waals surface area (Å²) in [6.07, 6.45) is 0. The maximum Gasteiger partial charge on any atom is 0.236 e. The van der Waals surface area contributed by atoms with E-state index >= 15 is 0 Å². The zero-order valence-corrected chi connectivity index (χ0v) is 10.4. The smallest absolute Gasteiger partial charge is 0.236 e. The normalized spacial score (nSPS) is 14.2. The Morgan fingerprint density at radius 2 is 2.00 bits per heavy atom. The fraction of sp³-hybridized carbons (Fsp3) is 0.462. The van der Waals surface area contributed by atoms with Gasteiger partial charge >= 0.3 is 0 Å². The molecule has 0 aliphatic carbocycles. The second-order valence-electron chi connectivity index (χ2n) is 4.14. The van der Waals surface area contributed by atoms with Crippen LogP contribution in [0.2, 0.25) is 0 Å². The van der Waals surface area contributed by atoms with Gasteiger partial charge in [-0.3, -0.25) is 10.1 Å². The van der Waals surface area contributed by atoms with Crippen LogP contribution in [0.3, 0.4) is 0 Å². The first-order valence-electron chi connectivity index (χ1n) is 5.58. The van der Waals surface area contributed by atoms with E-state index in [0.29, 0.717) is 0 Å². The van der Waals surface area contributed by atoms with E-state index in [0.717, 1.165) is 0 Å². The van der Waals surface area contributed by atoms with Gasteiger partial charge in [0.1, 0.15) is 0 Å². The topological polar surface area (TPSA) is 41.1 Å². The molecule has 3 heteroatoms. The third-order valence-corrected chi connectivity index (χ3v) is 2.68. The third kappa shape index (κ3) is 3.35. The molecule has 0 aliphatic rings. The van der Waals surface area contributed by atoms with Gasteiger partial charge in [-0.15, -0.1) is 0 Å². The molecule has 1 amide bonds. The van der Waals surface area contributed by atoms with Gasteiger partial charge in [-0.2, -0.15) is 0 Å². The summed E-state index contributed by atoms with van der Waals surface area (Å²) in [5.41, 5.74) is 2.44. The lowest BCUT2D eigenvalue weighted by Gasteiger charge is -2.19. The monoisotopic (exact) mass is 220 g/mol. The van der Waals surface area contributed by atoms with Crippen LogP contribution in [0.25, 0.3) is 0 Å². The molecule has 3 nitrogen and oxygen atoms in total. The van der Waals surface area contributed by atoms with Crippen LogP contribution in [0, 0.1) is 6.92 Å². The number of benzene rings is 1. The first-order valence-corrected chi connectivity index (χ1v) is 5.58. The second-order valence-corrected chi connectivity index (χ2v) is 4.14. The molecule has 0 saturated heterocycles. The Morgan fingerprint density at radius 3 is 2.56 bits per heavy atom. The van der Waals surface area contributed by atoms with Crippen molar-refractivity contribution in [3.63, 3.8) is 0 Å². The Balaban J connectivity index is 2.65. The Labute approximate surface area is 97.2 Å². The van der Waals surface area contributed by atoms with Crippen LogP contribution in [0.15, 0.2) is 24.3 Å². The molecule has 0 aromatic heterocycles. The van der Waals surface area contributed by atoms with Crippen LogP contribution >= 0.6 is 0 Å². The Morgan fingerprint density at radius 1 is 1.31 bits per heavy atom. The molecule has 0 heterocycles. The van der Waals surface area contributed by atoms with Crippen molar-refractivity contribution in [1.82, 2.24) is 10.6 Å². The molecule has 0 fully saturated rings. The van der Waals surface area contributed by atoms with Gasteiger partial charge in [0, 0.05) is 13.1 Å². The number of hydrogen-bond donors (Lipinski definition) is 2. The molecular weight excluding hydrogens is 200 g/mol. The summed E-state index contributed by atoms with van der Waals surface area (Å²) in [6, 6.07) is 8.30. The number of likely N-dealkylation sites (N-methyl/N-ethyl adjacent to an activating group) is 1. The molecule has 0 spiro atoms. The Bertz CT molecular complexity index is 363. The van der Waals surface area contributed by atoms with Crippen molar-refractivity contribution in [3.8, 4) is 0 Å². The van der Waals surface area contributed by atoms with Gasteiger partial charge in [-0.1, -0.05) is 29.8 Å². The van der Waals surface area contributed by atoms with Crippen molar-refractivity contribution >= 4 is 5.91 Å². The van der Waals surface area contributed by atoms with E-state index in [1.165, 1.54) is 11.1 Å². The van der Waals surface area contributed by atoms with Crippen LogP contribution in [0.1, 0.15) is 31.0 Å². The minimum atomic E-state index is -0.180. The van der Waals surface area contributed by atoms with Crippen molar-refractivity contribution in [1.29, 1.82) is 0 Å². The van der Waals surface area contributed by atoms with Gasteiger partial charge in [0.05, 0.1) is 6.04 Å². The van der Waals surface area contributed by atoms with Crippen molar-refractivity contribution in [2.45, 2.75) is 32.9 Å². The molecule has 1 rings (SSSR count). The minimum absolute atomic E-state index is 0.0134. The maximum absolute atomic E-state index is 11.4. The summed E-state index contributed by atoms with van der Waals surface area (Å²) < 4.78 is 0. The molecule has 2 atom stereocenters. The number of nitrogens with one attached hydrogen (secondary N) is 2. The van der Waals surface area contributed by atoms with E-state index in [1.54, 1.807) is 7.05 Å². The number of carbonyl (C=O) groups is 1. The summed E-state index contributed by atoms with van der Waals surface area (Å²) in [5, 5.41) is 5.89. The summed E-state index contributed by atoms with van der Waals surface area (Å²) in [4.78, 5) is 11.4. The summed E-state index contributed by atoms with van der Waals surface area (Å²) >= 11 is 0. The zero-order valence-electron chi connectivity index (χ0n) is 10.4. The highest BCUT2D eigenvalue weighted by Crippen LogP contribution is 2.14. The average Bonchev–Trinajstić information content (AvgIpc) is 2.27. The SMILES string of the molecule is CNC(=O)C(C)N[C@@H](C)c1cccc(C)c1. The minimum Gasteiger partial charge on any atom is -0.358 e. The summed E-state index contributed by atoms with van der Waals surface area (Å²) in [7, 11) is 1.65. The van der Waals surface area contributed by atoms with Crippen LogP contribution in [0.5, 0.6) is 0 Å². The summed E-state index contributed by atoms with van der Waals surface area (Å²) in [6.45, 7) is 6.00. The zero-order chi connectivity index (χ0) is 12.1. The van der Waals surface area contributed by atoms with Gasteiger partial charge in [0.15, 0.2) is 0 Å². The lowest BCUT2D eigenvalue weighted by atomic mass is 10.1. The van der Waals surface area contributed by atoms with E-state index in [-0.39, 0.29) is 18.0 Å². The van der Waals surface area contributed by atoms with Gasteiger partial charge in [0.2, 0.25) is 5.91 Å². The van der Waals surface area contributed by atoms with Crippen molar-refractivity contribution < 1.29 is 4.79 Å². The Kier molecular flexibility index (Phi) is 4.50. The van der Waals surface area contributed by atoms with Crippen LogP contribution in [-0.4, -0.2) is 19.0 Å². The van der Waals surface area contributed by atoms with Crippen LogP contribution < -0.4 is 10.6 Å². The average molecular weight is 220 g/mol. The van der Waals surface area contributed by atoms with E-state index in [1.807, 2.05) is 13.0 Å². The number of rotatable bonds is 4. The lowest BCUT2D eigenvalue weighted by molar-refractivity contribution is -0.122. The predicted molar refractivity (Wildman–Crippen MR) is 66.3 cm³/mol. The Hall–Kier alpha value is -1.35. The van der Waals surface area contributed by atoms with E-state index in [2.05, 4.69) is 42.7 Å². The molecule has 0 radical (unpaired) electrons. The molecule has 2 N–H and O–H groups in total.